The number of ketones is 1. The quantitative estimate of drug-likeness (QED) is 0.848. The van der Waals surface area contributed by atoms with Gasteiger partial charge in [-0.05, 0) is 36.5 Å². The van der Waals surface area contributed by atoms with Gasteiger partial charge in [0.05, 0.1) is 12.0 Å². The third kappa shape index (κ3) is 5.30. The maximum atomic E-state index is 12.5. The van der Waals surface area contributed by atoms with E-state index in [4.69, 9.17) is 0 Å². The van der Waals surface area contributed by atoms with Gasteiger partial charge in [0, 0.05) is 12.8 Å². The summed E-state index contributed by atoms with van der Waals surface area (Å²) < 4.78 is 37.5. The topological polar surface area (TPSA) is 83.5 Å². The van der Waals surface area contributed by atoms with E-state index in [-0.39, 0.29) is 18.6 Å². The number of carboxylic acids is 1. The minimum absolute atomic E-state index is 0.0283. The Balaban J connectivity index is 1.99. The number of hydrogen-bond acceptors (Lipinski definition) is 3. The first-order chi connectivity index (χ1) is 11.7. The first-order valence-electron chi connectivity index (χ1n) is 7.87. The third-order valence-electron chi connectivity index (χ3n) is 4.22. The molecular formula is C17H18F3NO4. The van der Waals surface area contributed by atoms with Crippen molar-refractivity contribution in [2.24, 2.45) is 5.92 Å². The van der Waals surface area contributed by atoms with E-state index >= 15 is 0 Å². The van der Waals surface area contributed by atoms with Gasteiger partial charge in [0.15, 0.2) is 0 Å². The summed E-state index contributed by atoms with van der Waals surface area (Å²) in [6, 6.07) is 2.94. The second-order valence-corrected chi connectivity index (χ2v) is 6.15. The lowest BCUT2D eigenvalue weighted by Crippen LogP contribution is -2.47. The van der Waals surface area contributed by atoms with E-state index in [2.05, 4.69) is 5.32 Å². The Hall–Kier alpha value is -2.38. The molecule has 1 aromatic carbocycles. The molecule has 0 spiro atoms. The van der Waals surface area contributed by atoms with Crippen molar-refractivity contribution in [1.29, 1.82) is 0 Å². The first-order valence-corrected chi connectivity index (χ1v) is 7.87. The molecule has 25 heavy (non-hydrogen) atoms. The minimum Gasteiger partial charge on any atom is -0.480 e. The maximum absolute atomic E-state index is 12.5. The minimum atomic E-state index is -4.46. The monoisotopic (exact) mass is 357 g/mol. The molecule has 1 fully saturated rings. The molecule has 1 aromatic rings. The number of halogens is 3. The predicted molar refractivity (Wildman–Crippen MR) is 81.7 cm³/mol. The van der Waals surface area contributed by atoms with Gasteiger partial charge >= 0.3 is 12.1 Å². The van der Waals surface area contributed by atoms with Crippen molar-refractivity contribution in [3.63, 3.8) is 0 Å². The Morgan fingerprint density at radius 3 is 2.40 bits per heavy atom. The van der Waals surface area contributed by atoms with E-state index in [0.29, 0.717) is 24.8 Å². The van der Waals surface area contributed by atoms with E-state index in [1.807, 2.05) is 0 Å². The molecule has 1 aliphatic carbocycles. The number of rotatable bonds is 5. The molecule has 0 unspecified atom stereocenters. The van der Waals surface area contributed by atoms with Crippen molar-refractivity contribution >= 4 is 17.7 Å². The summed E-state index contributed by atoms with van der Waals surface area (Å²) in [6.07, 6.45) is -3.05. The molecule has 0 saturated heterocycles. The third-order valence-corrected chi connectivity index (χ3v) is 4.22. The van der Waals surface area contributed by atoms with Crippen molar-refractivity contribution in [2.45, 2.75) is 44.3 Å². The second-order valence-electron chi connectivity index (χ2n) is 6.15. The highest BCUT2D eigenvalue weighted by Crippen LogP contribution is 2.29. The fourth-order valence-corrected chi connectivity index (χ4v) is 2.95. The Kier molecular flexibility index (Phi) is 5.81. The lowest BCUT2D eigenvalue weighted by Gasteiger charge is -2.27. The maximum Gasteiger partial charge on any atom is 0.416 e. The van der Waals surface area contributed by atoms with E-state index < -0.39 is 35.6 Å². The van der Waals surface area contributed by atoms with Gasteiger partial charge in [-0.1, -0.05) is 12.1 Å². The van der Waals surface area contributed by atoms with Crippen LogP contribution in [0.15, 0.2) is 24.3 Å². The van der Waals surface area contributed by atoms with Crippen LogP contribution >= 0.6 is 0 Å². The largest absolute Gasteiger partial charge is 0.480 e. The van der Waals surface area contributed by atoms with Crippen LogP contribution in [-0.2, 0) is 27.0 Å². The highest BCUT2D eigenvalue weighted by atomic mass is 19.4. The van der Waals surface area contributed by atoms with Gasteiger partial charge in [-0.25, -0.2) is 4.79 Å². The highest BCUT2D eigenvalue weighted by molar-refractivity contribution is 5.86. The zero-order chi connectivity index (χ0) is 18.6. The summed E-state index contributed by atoms with van der Waals surface area (Å²) >= 11 is 0. The number of carbonyl (C=O) groups is 3. The van der Waals surface area contributed by atoms with Gasteiger partial charge in [-0.2, -0.15) is 13.2 Å². The molecule has 0 radical (unpaired) electrons. The van der Waals surface area contributed by atoms with E-state index in [9.17, 15) is 32.7 Å². The number of aliphatic carboxylic acids is 1. The smallest absolute Gasteiger partial charge is 0.416 e. The Bertz CT molecular complexity index is 655. The molecule has 0 bridgehead atoms. The molecule has 1 amide bonds. The Labute approximate surface area is 142 Å². The van der Waals surface area contributed by atoms with Crippen LogP contribution in [0.5, 0.6) is 0 Å². The zero-order valence-corrected chi connectivity index (χ0v) is 13.3. The number of Topliss-reactive ketones (excluding diaryl/α,β-unsaturated/α-hetero) is 1. The lowest BCUT2D eigenvalue weighted by atomic mass is 9.83. The van der Waals surface area contributed by atoms with Gasteiger partial charge in [-0.3, -0.25) is 9.59 Å². The van der Waals surface area contributed by atoms with Crippen molar-refractivity contribution in [1.82, 2.24) is 5.32 Å². The molecule has 1 saturated carbocycles. The van der Waals surface area contributed by atoms with Crippen molar-refractivity contribution in [3.05, 3.63) is 35.4 Å². The first kappa shape index (κ1) is 19.0. The van der Waals surface area contributed by atoms with Gasteiger partial charge in [0.2, 0.25) is 5.91 Å². The Morgan fingerprint density at radius 2 is 1.88 bits per heavy atom. The molecule has 5 nitrogen and oxygen atoms in total. The van der Waals surface area contributed by atoms with E-state index in [1.165, 1.54) is 12.1 Å². The number of carbonyl (C=O) groups excluding carboxylic acids is 2. The SMILES string of the molecule is O=C1CCC[C@@H]([C@@H](NC(=O)Cc2ccc(C(F)(F)F)cc2)C(=O)O)C1. The number of benzene rings is 1. The number of hydrogen-bond donors (Lipinski definition) is 2. The molecule has 0 heterocycles. The van der Waals surface area contributed by atoms with E-state index in [0.717, 1.165) is 12.1 Å². The molecule has 1 aliphatic rings. The number of alkyl halides is 3. The van der Waals surface area contributed by atoms with Crippen LogP contribution in [0.25, 0.3) is 0 Å². The fraction of sp³-hybridized carbons (Fsp3) is 0.471. The van der Waals surface area contributed by atoms with Crippen LogP contribution in [0.3, 0.4) is 0 Å². The summed E-state index contributed by atoms with van der Waals surface area (Å²) in [4.78, 5) is 34.9. The standard InChI is InChI=1S/C17H18F3NO4/c18-17(19,20)12-6-4-10(5-7-12)8-14(23)21-15(16(24)25)11-2-1-3-13(22)9-11/h4-7,11,15H,1-3,8-9H2,(H,21,23)(H,24,25)/t11-,15-/m1/s1. The average Bonchev–Trinajstić information content (AvgIpc) is 2.52. The number of amides is 1. The number of nitrogens with one attached hydrogen (secondary N) is 1. The molecule has 0 aliphatic heterocycles. The van der Waals surface area contributed by atoms with Gasteiger partial charge < -0.3 is 10.4 Å². The summed E-state index contributed by atoms with van der Waals surface area (Å²) in [5.41, 5.74) is -0.477. The molecule has 2 rings (SSSR count). The zero-order valence-electron chi connectivity index (χ0n) is 13.3. The normalized spacial score (nSPS) is 19.3. The highest BCUT2D eigenvalue weighted by Gasteiger charge is 2.33. The van der Waals surface area contributed by atoms with Crippen molar-refractivity contribution in [3.8, 4) is 0 Å². The predicted octanol–water partition coefficient (Wildman–Crippen LogP) is 2.58. The molecule has 8 heteroatoms. The summed E-state index contributed by atoms with van der Waals surface area (Å²) in [5, 5.41) is 11.7. The molecule has 0 aromatic heterocycles. The summed E-state index contributed by atoms with van der Waals surface area (Å²) in [6.45, 7) is 0. The van der Waals surface area contributed by atoms with Crippen LogP contribution in [0.4, 0.5) is 13.2 Å². The van der Waals surface area contributed by atoms with Gasteiger partial charge in [0.25, 0.3) is 0 Å². The summed E-state index contributed by atoms with van der Waals surface area (Å²) in [5.74, 6) is -2.32. The fourth-order valence-electron chi connectivity index (χ4n) is 2.95. The second kappa shape index (κ2) is 7.67. The molecular weight excluding hydrogens is 339 g/mol. The van der Waals surface area contributed by atoms with Crippen molar-refractivity contribution < 1.29 is 32.7 Å². The van der Waals surface area contributed by atoms with Crippen molar-refractivity contribution in [2.75, 3.05) is 0 Å². The van der Waals surface area contributed by atoms with Gasteiger partial charge in [-0.15, -0.1) is 0 Å². The Morgan fingerprint density at radius 1 is 1.24 bits per heavy atom. The van der Waals surface area contributed by atoms with Gasteiger partial charge in [0.1, 0.15) is 11.8 Å². The van der Waals surface area contributed by atoms with Crippen LogP contribution in [0.1, 0.15) is 36.8 Å². The molecule has 136 valence electrons. The summed E-state index contributed by atoms with van der Waals surface area (Å²) in [7, 11) is 0. The average molecular weight is 357 g/mol. The van der Waals surface area contributed by atoms with Crippen LogP contribution in [-0.4, -0.2) is 28.8 Å². The van der Waals surface area contributed by atoms with Crippen LogP contribution in [0.2, 0.25) is 0 Å². The molecule has 2 N–H and O–H groups in total. The molecule has 2 atom stereocenters. The number of carboxylic acid groups (broad SMARTS) is 1. The van der Waals surface area contributed by atoms with Crippen LogP contribution < -0.4 is 5.32 Å². The van der Waals surface area contributed by atoms with E-state index in [1.54, 1.807) is 0 Å². The van der Waals surface area contributed by atoms with Crippen LogP contribution in [0, 0.1) is 5.92 Å². The lowest BCUT2D eigenvalue weighted by molar-refractivity contribution is -0.144.